The fraction of sp³-hybridized carbons (Fsp3) is 0.667. The Morgan fingerprint density at radius 2 is 2.36 bits per heavy atom. The fourth-order valence-corrected chi connectivity index (χ4v) is 0.745. The van der Waals surface area contributed by atoms with Crippen LogP contribution in [-0.4, -0.2) is 12.6 Å². The van der Waals surface area contributed by atoms with Gasteiger partial charge in [-0.3, -0.25) is 4.79 Å². The summed E-state index contributed by atoms with van der Waals surface area (Å²) in [7, 11) is 0. The molecule has 0 aromatic carbocycles. The summed E-state index contributed by atoms with van der Waals surface area (Å²) in [6.45, 7) is 7.64. The van der Waals surface area contributed by atoms with E-state index in [-0.39, 0.29) is 5.97 Å². The second-order valence-electron chi connectivity index (χ2n) is 2.77. The highest BCUT2D eigenvalue weighted by atomic mass is 16.5. The molecule has 64 valence electrons. The first-order chi connectivity index (χ1) is 5.16. The monoisotopic (exact) mass is 156 g/mol. The summed E-state index contributed by atoms with van der Waals surface area (Å²) in [4.78, 5) is 10.4. The predicted molar refractivity (Wildman–Crippen MR) is 45.2 cm³/mol. The van der Waals surface area contributed by atoms with E-state index in [2.05, 4.69) is 13.5 Å². The number of esters is 1. The highest BCUT2D eigenvalue weighted by Gasteiger charge is 2.01. The molecule has 0 aliphatic heterocycles. The molecule has 0 aliphatic carbocycles. The SMILES string of the molecule is C=CCCC(C)COC(C)=O. The minimum atomic E-state index is -0.199. The molecular weight excluding hydrogens is 140 g/mol. The maximum Gasteiger partial charge on any atom is 0.302 e. The maximum absolute atomic E-state index is 10.4. The molecule has 0 amide bonds. The van der Waals surface area contributed by atoms with Crippen LogP contribution in [0.3, 0.4) is 0 Å². The van der Waals surface area contributed by atoms with E-state index in [0.29, 0.717) is 12.5 Å². The molecule has 0 saturated carbocycles. The number of hydrogen-bond acceptors (Lipinski definition) is 2. The van der Waals surface area contributed by atoms with Gasteiger partial charge in [0.15, 0.2) is 0 Å². The largest absolute Gasteiger partial charge is 0.466 e. The van der Waals surface area contributed by atoms with Crippen molar-refractivity contribution in [1.82, 2.24) is 0 Å². The van der Waals surface area contributed by atoms with E-state index in [4.69, 9.17) is 4.74 Å². The molecule has 0 N–H and O–H groups in total. The molecule has 11 heavy (non-hydrogen) atoms. The summed E-state index contributed by atoms with van der Waals surface area (Å²) < 4.78 is 4.83. The van der Waals surface area contributed by atoms with Crippen molar-refractivity contribution >= 4 is 5.97 Å². The smallest absolute Gasteiger partial charge is 0.302 e. The van der Waals surface area contributed by atoms with Gasteiger partial charge < -0.3 is 4.74 Å². The Morgan fingerprint density at radius 3 is 2.82 bits per heavy atom. The van der Waals surface area contributed by atoms with Gasteiger partial charge in [-0.15, -0.1) is 6.58 Å². The average molecular weight is 156 g/mol. The van der Waals surface area contributed by atoms with E-state index in [0.717, 1.165) is 12.8 Å². The van der Waals surface area contributed by atoms with Crippen LogP contribution < -0.4 is 0 Å². The van der Waals surface area contributed by atoms with Crippen molar-refractivity contribution in [3.05, 3.63) is 12.7 Å². The Hall–Kier alpha value is -0.790. The molecule has 1 atom stereocenters. The molecule has 0 fully saturated rings. The summed E-state index contributed by atoms with van der Waals surface area (Å²) in [5.41, 5.74) is 0. The lowest BCUT2D eigenvalue weighted by Gasteiger charge is -2.08. The normalized spacial score (nSPS) is 12.2. The number of rotatable bonds is 5. The van der Waals surface area contributed by atoms with Crippen LogP contribution in [0.4, 0.5) is 0 Å². The molecular formula is C9H16O2. The highest BCUT2D eigenvalue weighted by molar-refractivity contribution is 5.65. The van der Waals surface area contributed by atoms with Gasteiger partial charge in [0.1, 0.15) is 0 Å². The maximum atomic E-state index is 10.4. The van der Waals surface area contributed by atoms with Crippen molar-refractivity contribution in [2.24, 2.45) is 5.92 Å². The van der Waals surface area contributed by atoms with Crippen molar-refractivity contribution < 1.29 is 9.53 Å². The topological polar surface area (TPSA) is 26.3 Å². The Bertz CT molecular complexity index is 130. The standard InChI is InChI=1S/C9H16O2/c1-4-5-6-8(2)7-11-9(3)10/h4,8H,1,5-7H2,2-3H3. The van der Waals surface area contributed by atoms with Crippen LogP contribution >= 0.6 is 0 Å². The van der Waals surface area contributed by atoms with Crippen molar-refractivity contribution in [3.8, 4) is 0 Å². The summed E-state index contributed by atoms with van der Waals surface area (Å²) in [6.07, 6.45) is 3.91. The molecule has 0 aliphatic rings. The minimum Gasteiger partial charge on any atom is -0.466 e. The number of hydrogen-bond donors (Lipinski definition) is 0. The Kier molecular flexibility index (Phi) is 5.53. The second-order valence-corrected chi connectivity index (χ2v) is 2.77. The number of allylic oxidation sites excluding steroid dienone is 1. The van der Waals surface area contributed by atoms with Gasteiger partial charge in [-0.25, -0.2) is 0 Å². The molecule has 0 rings (SSSR count). The van der Waals surface area contributed by atoms with Crippen molar-refractivity contribution in [1.29, 1.82) is 0 Å². The molecule has 0 aromatic rings. The first kappa shape index (κ1) is 10.2. The summed E-state index contributed by atoms with van der Waals surface area (Å²) in [5, 5.41) is 0. The second kappa shape index (κ2) is 5.96. The van der Waals surface area contributed by atoms with Crippen LogP contribution in [0, 0.1) is 5.92 Å². The zero-order valence-corrected chi connectivity index (χ0v) is 7.30. The predicted octanol–water partition coefficient (Wildman–Crippen LogP) is 2.15. The van der Waals surface area contributed by atoms with E-state index in [9.17, 15) is 4.79 Å². The molecule has 0 radical (unpaired) electrons. The van der Waals surface area contributed by atoms with Crippen LogP contribution in [0.5, 0.6) is 0 Å². The summed E-state index contributed by atoms with van der Waals surface area (Å²) in [5.74, 6) is 0.243. The van der Waals surface area contributed by atoms with E-state index >= 15 is 0 Å². The Morgan fingerprint density at radius 1 is 1.73 bits per heavy atom. The van der Waals surface area contributed by atoms with Gasteiger partial charge in [0, 0.05) is 6.92 Å². The third kappa shape index (κ3) is 7.10. The molecule has 0 bridgehead atoms. The summed E-state index contributed by atoms with van der Waals surface area (Å²) in [6, 6.07) is 0. The quantitative estimate of drug-likeness (QED) is 0.450. The molecule has 0 heterocycles. The molecule has 1 unspecified atom stereocenters. The van der Waals surface area contributed by atoms with E-state index in [1.165, 1.54) is 6.92 Å². The fourth-order valence-electron chi connectivity index (χ4n) is 0.745. The van der Waals surface area contributed by atoms with Gasteiger partial charge >= 0.3 is 5.97 Å². The van der Waals surface area contributed by atoms with E-state index < -0.39 is 0 Å². The van der Waals surface area contributed by atoms with E-state index in [1.807, 2.05) is 6.08 Å². The minimum absolute atomic E-state index is 0.199. The third-order valence-corrected chi connectivity index (χ3v) is 1.43. The van der Waals surface area contributed by atoms with Crippen LogP contribution in [-0.2, 0) is 9.53 Å². The van der Waals surface area contributed by atoms with Gasteiger partial charge in [0.2, 0.25) is 0 Å². The number of ether oxygens (including phenoxy) is 1. The summed E-state index contributed by atoms with van der Waals surface area (Å²) >= 11 is 0. The van der Waals surface area contributed by atoms with Crippen LogP contribution in [0.1, 0.15) is 26.7 Å². The number of carbonyl (C=O) groups is 1. The zero-order chi connectivity index (χ0) is 8.69. The molecule has 0 aromatic heterocycles. The van der Waals surface area contributed by atoms with Crippen molar-refractivity contribution in [2.75, 3.05) is 6.61 Å². The van der Waals surface area contributed by atoms with Crippen molar-refractivity contribution in [3.63, 3.8) is 0 Å². The first-order valence-electron chi connectivity index (χ1n) is 3.91. The lowest BCUT2D eigenvalue weighted by atomic mass is 10.1. The van der Waals surface area contributed by atoms with Gasteiger partial charge in [-0.05, 0) is 18.8 Å². The van der Waals surface area contributed by atoms with Crippen LogP contribution in [0.2, 0.25) is 0 Å². The molecule has 0 spiro atoms. The molecule has 0 saturated heterocycles. The highest BCUT2D eigenvalue weighted by Crippen LogP contribution is 2.05. The Balaban J connectivity index is 3.28. The third-order valence-electron chi connectivity index (χ3n) is 1.43. The van der Waals surface area contributed by atoms with Gasteiger partial charge in [-0.2, -0.15) is 0 Å². The first-order valence-corrected chi connectivity index (χ1v) is 3.91. The lowest BCUT2D eigenvalue weighted by Crippen LogP contribution is -2.08. The Labute approximate surface area is 68.2 Å². The van der Waals surface area contributed by atoms with Crippen LogP contribution in [0.15, 0.2) is 12.7 Å². The molecule has 2 heteroatoms. The number of carbonyl (C=O) groups excluding carboxylic acids is 1. The van der Waals surface area contributed by atoms with Gasteiger partial charge in [-0.1, -0.05) is 13.0 Å². The average Bonchev–Trinajstić information content (AvgIpc) is 1.97. The van der Waals surface area contributed by atoms with E-state index in [1.54, 1.807) is 0 Å². The molecule has 2 nitrogen and oxygen atoms in total. The lowest BCUT2D eigenvalue weighted by molar-refractivity contribution is -0.142. The zero-order valence-electron chi connectivity index (χ0n) is 7.30. The van der Waals surface area contributed by atoms with Crippen LogP contribution in [0.25, 0.3) is 0 Å². The van der Waals surface area contributed by atoms with Gasteiger partial charge in [0.05, 0.1) is 6.61 Å². The van der Waals surface area contributed by atoms with Gasteiger partial charge in [0.25, 0.3) is 0 Å². The van der Waals surface area contributed by atoms with Crippen molar-refractivity contribution in [2.45, 2.75) is 26.7 Å².